The van der Waals surface area contributed by atoms with Gasteiger partial charge in [-0.05, 0) is 41.6 Å². The van der Waals surface area contributed by atoms with E-state index in [2.05, 4.69) is 37.9 Å². The molecule has 1 N–H and O–H groups in total. The molecule has 0 aliphatic carbocycles. The topological polar surface area (TPSA) is 47.0 Å². The lowest BCUT2D eigenvalue weighted by molar-refractivity contribution is 0.340. The predicted molar refractivity (Wildman–Crippen MR) is 75.6 cm³/mol. The third-order valence-electron chi connectivity index (χ3n) is 2.02. The summed E-state index contributed by atoms with van der Waals surface area (Å²) in [5, 5.41) is 3.12. The van der Waals surface area contributed by atoms with E-state index >= 15 is 0 Å². The van der Waals surface area contributed by atoms with Crippen molar-refractivity contribution in [1.82, 2.24) is 9.97 Å². The molecule has 0 bridgehead atoms. The maximum absolute atomic E-state index is 5.42. The highest BCUT2D eigenvalue weighted by atomic mass is 127. The van der Waals surface area contributed by atoms with Crippen molar-refractivity contribution in [3.05, 3.63) is 40.2 Å². The summed E-state index contributed by atoms with van der Waals surface area (Å²) in [6.45, 7) is 2.62. The molecule has 0 saturated carbocycles. The third kappa shape index (κ3) is 3.55. The van der Waals surface area contributed by atoms with Gasteiger partial charge in [0.15, 0.2) is 0 Å². The second-order valence-electron chi connectivity index (χ2n) is 3.31. The fourth-order valence-corrected chi connectivity index (χ4v) is 1.61. The fraction of sp³-hybridized carbons (Fsp3) is 0.167. The van der Waals surface area contributed by atoms with Crippen LogP contribution >= 0.6 is 22.6 Å². The van der Waals surface area contributed by atoms with Gasteiger partial charge in [0.25, 0.3) is 0 Å². The Kier molecular flexibility index (Phi) is 4.13. The molecule has 0 fully saturated rings. The molecule has 88 valence electrons. The van der Waals surface area contributed by atoms with Crippen LogP contribution in [-0.4, -0.2) is 16.6 Å². The van der Waals surface area contributed by atoms with E-state index in [4.69, 9.17) is 4.74 Å². The first-order valence-corrected chi connectivity index (χ1v) is 6.33. The number of hydrogen-bond donors (Lipinski definition) is 1. The number of halogens is 1. The van der Waals surface area contributed by atoms with Crippen LogP contribution in [0.4, 0.5) is 11.6 Å². The Labute approximate surface area is 114 Å². The maximum Gasteiger partial charge on any atom is 0.227 e. The van der Waals surface area contributed by atoms with E-state index in [1.165, 1.54) is 0 Å². The quantitative estimate of drug-likeness (QED) is 0.868. The van der Waals surface area contributed by atoms with Crippen molar-refractivity contribution in [2.45, 2.75) is 6.92 Å². The summed E-state index contributed by atoms with van der Waals surface area (Å²) in [6.07, 6.45) is 3.53. The van der Waals surface area contributed by atoms with Gasteiger partial charge >= 0.3 is 0 Å². The smallest absolute Gasteiger partial charge is 0.227 e. The Morgan fingerprint density at radius 1 is 1.29 bits per heavy atom. The molecule has 0 aliphatic heterocycles. The second-order valence-corrected chi connectivity index (χ2v) is 4.56. The number of aromatic nitrogens is 2. The molecule has 0 saturated heterocycles. The van der Waals surface area contributed by atoms with Crippen molar-refractivity contribution in [1.29, 1.82) is 0 Å². The van der Waals surface area contributed by atoms with Crippen LogP contribution in [0.25, 0.3) is 0 Å². The SMILES string of the molecule is CCOc1cccc(Nc2ncc(I)cn2)c1. The summed E-state index contributed by atoms with van der Waals surface area (Å²) in [4.78, 5) is 8.36. The van der Waals surface area contributed by atoms with E-state index in [1.807, 2.05) is 31.2 Å². The highest BCUT2D eigenvalue weighted by molar-refractivity contribution is 14.1. The van der Waals surface area contributed by atoms with Crippen LogP contribution in [0, 0.1) is 3.57 Å². The summed E-state index contributed by atoms with van der Waals surface area (Å²) in [5.74, 6) is 1.42. The van der Waals surface area contributed by atoms with Gasteiger partial charge < -0.3 is 10.1 Å². The van der Waals surface area contributed by atoms with Crippen LogP contribution in [0.15, 0.2) is 36.7 Å². The number of rotatable bonds is 4. The Balaban J connectivity index is 2.12. The lowest BCUT2D eigenvalue weighted by atomic mass is 10.3. The molecule has 0 atom stereocenters. The van der Waals surface area contributed by atoms with Crippen LogP contribution in [0.5, 0.6) is 5.75 Å². The molecule has 0 aliphatic rings. The molecule has 4 nitrogen and oxygen atoms in total. The van der Waals surface area contributed by atoms with Crippen molar-refractivity contribution in [3.63, 3.8) is 0 Å². The first-order valence-electron chi connectivity index (χ1n) is 5.25. The molecule has 1 aromatic carbocycles. The van der Waals surface area contributed by atoms with Crippen LogP contribution in [0.2, 0.25) is 0 Å². The minimum Gasteiger partial charge on any atom is -0.494 e. The number of anilines is 2. The van der Waals surface area contributed by atoms with Gasteiger partial charge in [0, 0.05) is 27.7 Å². The van der Waals surface area contributed by atoms with Crippen molar-refractivity contribution >= 4 is 34.2 Å². The van der Waals surface area contributed by atoms with Gasteiger partial charge in [-0.25, -0.2) is 9.97 Å². The van der Waals surface area contributed by atoms with Gasteiger partial charge in [-0.1, -0.05) is 6.07 Å². The van der Waals surface area contributed by atoms with Crippen molar-refractivity contribution < 1.29 is 4.74 Å². The highest BCUT2D eigenvalue weighted by Crippen LogP contribution is 2.19. The third-order valence-corrected chi connectivity index (χ3v) is 2.58. The number of nitrogens with zero attached hydrogens (tertiary/aromatic N) is 2. The first kappa shape index (κ1) is 12.1. The monoisotopic (exact) mass is 341 g/mol. The van der Waals surface area contributed by atoms with Gasteiger partial charge in [0.1, 0.15) is 5.75 Å². The van der Waals surface area contributed by atoms with E-state index in [-0.39, 0.29) is 0 Å². The molecule has 0 radical (unpaired) electrons. The van der Waals surface area contributed by atoms with Gasteiger partial charge in [-0.2, -0.15) is 0 Å². The number of nitrogens with one attached hydrogen (secondary N) is 1. The normalized spacial score (nSPS) is 10.0. The van der Waals surface area contributed by atoms with E-state index in [1.54, 1.807) is 12.4 Å². The summed E-state index contributed by atoms with van der Waals surface area (Å²) >= 11 is 2.17. The zero-order valence-electron chi connectivity index (χ0n) is 9.35. The molecule has 2 aromatic rings. The Hall–Kier alpha value is -1.37. The fourth-order valence-electron chi connectivity index (χ4n) is 1.34. The molecule has 0 unspecified atom stereocenters. The molecule has 17 heavy (non-hydrogen) atoms. The minimum atomic E-state index is 0.582. The minimum absolute atomic E-state index is 0.582. The molecule has 2 rings (SSSR count). The Morgan fingerprint density at radius 3 is 2.76 bits per heavy atom. The highest BCUT2D eigenvalue weighted by Gasteiger charge is 1.99. The maximum atomic E-state index is 5.42. The van der Waals surface area contributed by atoms with E-state index in [9.17, 15) is 0 Å². The summed E-state index contributed by atoms with van der Waals surface area (Å²) < 4.78 is 6.43. The second kappa shape index (κ2) is 5.81. The van der Waals surface area contributed by atoms with E-state index in [0.29, 0.717) is 12.6 Å². The van der Waals surface area contributed by atoms with Gasteiger partial charge in [0.2, 0.25) is 5.95 Å². The standard InChI is InChI=1S/C12H12IN3O/c1-2-17-11-5-3-4-10(6-11)16-12-14-7-9(13)8-15-12/h3-8H,2H2,1H3,(H,14,15,16). The van der Waals surface area contributed by atoms with Crippen LogP contribution < -0.4 is 10.1 Å². The molecule has 1 aromatic heterocycles. The van der Waals surface area contributed by atoms with Crippen molar-refractivity contribution in [3.8, 4) is 5.75 Å². The first-order chi connectivity index (χ1) is 8.28. The number of hydrogen-bond acceptors (Lipinski definition) is 4. The molecule has 0 spiro atoms. The molecular weight excluding hydrogens is 329 g/mol. The number of ether oxygens (including phenoxy) is 1. The van der Waals surface area contributed by atoms with E-state index < -0.39 is 0 Å². The molecular formula is C12H12IN3O. The van der Waals surface area contributed by atoms with E-state index in [0.717, 1.165) is 15.0 Å². The van der Waals surface area contributed by atoms with Gasteiger partial charge in [-0.15, -0.1) is 0 Å². The lowest BCUT2D eigenvalue weighted by Gasteiger charge is -2.07. The Morgan fingerprint density at radius 2 is 2.06 bits per heavy atom. The average Bonchev–Trinajstić information content (AvgIpc) is 2.33. The summed E-state index contributed by atoms with van der Waals surface area (Å²) in [6, 6.07) is 7.72. The number of benzene rings is 1. The van der Waals surface area contributed by atoms with Gasteiger partial charge in [-0.3, -0.25) is 0 Å². The molecule has 5 heteroatoms. The molecule has 1 heterocycles. The summed E-state index contributed by atoms with van der Waals surface area (Å²) in [5.41, 5.74) is 0.914. The predicted octanol–water partition coefficient (Wildman–Crippen LogP) is 3.22. The Bertz CT molecular complexity index is 487. The van der Waals surface area contributed by atoms with Crippen LogP contribution in [0.3, 0.4) is 0 Å². The van der Waals surface area contributed by atoms with Crippen molar-refractivity contribution in [2.24, 2.45) is 0 Å². The zero-order chi connectivity index (χ0) is 12.1. The largest absolute Gasteiger partial charge is 0.494 e. The average molecular weight is 341 g/mol. The van der Waals surface area contributed by atoms with Gasteiger partial charge in [0.05, 0.1) is 6.61 Å². The molecule has 0 amide bonds. The summed E-state index contributed by atoms with van der Waals surface area (Å²) in [7, 11) is 0. The van der Waals surface area contributed by atoms with Crippen LogP contribution in [-0.2, 0) is 0 Å². The van der Waals surface area contributed by atoms with Crippen molar-refractivity contribution in [2.75, 3.05) is 11.9 Å². The van der Waals surface area contributed by atoms with Crippen LogP contribution in [0.1, 0.15) is 6.92 Å². The zero-order valence-corrected chi connectivity index (χ0v) is 11.5. The lowest BCUT2D eigenvalue weighted by Crippen LogP contribution is -1.97.